The van der Waals surface area contributed by atoms with E-state index in [9.17, 15) is 14.7 Å². The Hall–Kier alpha value is -2.67. The van der Waals surface area contributed by atoms with Gasteiger partial charge < -0.3 is 20.6 Å². The molecular weight excluding hydrogens is 446 g/mol. The quantitative estimate of drug-likeness (QED) is 0.324. The van der Waals surface area contributed by atoms with E-state index in [4.69, 9.17) is 0 Å². The Kier molecular flexibility index (Phi) is 12.0. The molecular formula is C27H41N3O3S. The number of amides is 2. The zero-order valence-electron chi connectivity index (χ0n) is 21.3. The molecule has 0 aliphatic carbocycles. The summed E-state index contributed by atoms with van der Waals surface area (Å²) in [6.07, 6.45) is 0.773. The summed E-state index contributed by atoms with van der Waals surface area (Å²) in [5.41, 5.74) is 4.41. The van der Waals surface area contributed by atoms with Gasteiger partial charge >= 0.3 is 12.0 Å². The number of aliphatic carboxylic acids is 1. The molecule has 0 saturated carbocycles. The summed E-state index contributed by atoms with van der Waals surface area (Å²) in [6, 6.07) is 13.3. The highest BCUT2D eigenvalue weighted by atomic mass is 32.1. The molecule has 2 aromatic carbocycles. The largest absolute Gasteiger partial charge is 0.481 e. The number of carbonyl (C=O) groups excluding carboxylic acids is 1. The monoisotopic (exact) mass is 487 g/mol. The summed E-state index contributed by atoms with van der Waals surface area (Å²) in [6.45, 7) is 14.4. The number of nitrogens with one attached hydrogen (secondary N) is 2. The average Bonchev–Trinajstić information content (AvgIpc) is 2.72. The van der Waals surface area contributed by atoms with Crippen molar-refractivity contribution in [2.24, 2.45) is 11.8 Å². The molecule has 6 nitrogen and oxygen atoms in total. The Balaban J connectivity index is 0.00000578. The molecule has 0 bridgehead atoms. The number of carboxylic acids is 1. The van der Waals surface area contributed by atoms with E-state index in [1.54, 1.807) is 0 Å². The van der Waals surface area contributed by atoms with Crippen LogP contribution in [0.5, 0.6) is 0 Å². The average molecular weight is 488 g/mol. The zero-order valence-corrected chi connectivity index (χ0v) is 22.3. The lowest BCUT2D eigenvalue weighted by atomic mass is 9.92. The van der Waals surface area contributed by atoms with Crippen molar-refractivity contribution in [1.82, 2.24) is 0 Å². The number of hydrogen-bond donors (Lipinski definition) is 3. The van der Waals surface area contributed by atoms with Crippen molar-refractivity contribution >= 4 is 42.6 Å². The molecule has 0 aromatic heterocycles. The number of nitrogens with zero attached hydrogens (tertiary/aromatic N) is 1. The van der Waals surface area contributed by atoms with Gasteiger partial charge in [0.25, 0.3) is 0 Å². The Bertz CT molecular complexity index is 919. The van der Waals surface area contributed by atoms with Crippen molar-refractivity contribution in [3.05, 3.63) is 53.6 Å². The lowest BCUT2D eigenvalue weighted by molar-refractivity contribution is -0.137. The molecule has 0 heterocycles. The van der Waals surface area contributed by atoms with Gasteiger partial charge in [-0.15, -0.1) is 0 Å². The predicted octanol–water partition coefficient (Wildman–Crippen LogP) is 6.84. The van der Waals surface area contributed by atoms with Crippen LogP contribution in [-0.4, -0.2) is 30.2 Å². The van der Waals surface area contributed by atoms with Crippen molar-refractivity contribution in [1.29, 1.82) is 0 Å². The molecule has 0 spiro atoms. The lowest BCUT2D eigenvalue weighted by Crippen LogP contribution is -2.32. The van der Waals surface area contributed by atoms with Gasteiger partial charge in [0.05, 0.1) is 17.8 Å². The van der Waals surface area contributed by atoms with Crippen molar-refractivity contribution in [2.75, 3.05) is 28.6 Å². The van der Waals surface area contributed by atoms with Gasteiger partial charge in [-0.2, -0.15) is 13.5 Å². The van der Waals surface area contributed by atoms with Crippen LogP contribution in [0.4, 0.5) is 21.9 Å². The van der Waals surface area contributed by atoms with E-state index in [0.717, 1.165) is 29.9 Å². The molecule has 3 N–H and O–H groups in total. The maximum absolute atomic E-state index is 12.9. The third-order valence-corrected chi connectivity index (χ3v) is 5.48. The molecule has 34 heavy (non-hydrogen) atoms. The third kappa shape index (κ3) is 9.29. The number of anilines is 3. The highest BCUT2D eigenvalue weighted by molar-refractivity contribution is 7.59. The minimum Gasteiger partial charge on any atom is -0.481 e. The number of benzene rings is 2. The normalized spacial score (nSPS) is 11.6. The van der Waals surface area contributed by atoms with Crippen LogP contribution >= 0.6 is 13.5 Å². The van der Waals surface area contributed by atoms with E-state index in [1.165, 1.54) is 0 Å². The van der Waals surface area contributed by atoms with E-state index in [1.807, 2.05) is 56.3 Å². The Labute approximate surface area is 211 Å². The number of rotatable bonds is 11. The highest BCUT2D eigenvalue weighted by Gasteiger charge is 2.20. The van der Waals surface area contributed by atoms with Crippen LogP contribution < -0.4 is 15.5 Å². The van der Waals surface area contributed by atoms with E-state index in [2.05, 4.69) is 43.2 Å². The maximum atomic E-state index is 12.9. The van der Waals surface area contributed by atoms with Crippen molar-refractivity contribution in [3.63, 3.8) is 0 Å². The Morgan fingerprint density at radius 3 is 2.03 bits per heavy atom. The molecule has 2 amide bonds. The van der Waals surface area contributed by atoms with E-state index in [0.29, 0.717) is 29.6 Å². The van der Waals surface area contributed by atoms with Gasteiger partial charge in [-0.3, -0.25) is 4.79 Å². The van der Waals surface area contributed by atoms with E-state index in [-0.39, 0.29) is 31.9 Å². The second kappa shape index (κ2) is 13.9. The minimum absolute atomic E-state index is 0. The van der Waals surface area contributed by atoms with Gasteiger partial charge in [0, 0.05) is 18.8 Å². The molecule has 2 aromatic rings. The van der Waals surface area contributed by atoms with Gasteiger partial charge in [-0.25, -0.2) is 4.79 Å². The lowest BCUT2D eigenvalue weighted by Gasteiger charge is -2.31. The van der Waals surface area contributed by atoms with Crippen LogP contribution in [-0.2, 0) is 4.79 Å². The van der Waals surface area contributed by atoms with Crippen LogP contribution in [0.3, 0.4) is 0 Å². The summed E-state index contributed by atoms with van der Waals surface area (Å²) in [5, 5.41) is 15.3. The number of carboxylic acid groups (broad SMARTS) is 1. The topological polar surface area (TPSA) is 81.7 Å². The Morgan fingerprint density at radius 1 is 0.941 bits per heavy atom. The summed E-state index contributed by atoms with van der Waals surface area (Å²) in [7, 11) is 0. The first kappa shape index (κ1) is 29.4. The van der Waals surface area contributed by atoms with Crippen LogP contribution in [0.1, 0.15) is 64.5 Å². The zero-order chi connectivity index (χ0) is 24.5. The first-order valence-corrected chi connectivity index (χ1v) is 11.8. The number of hydrogen-bond acceptors (Lipinski definition) is 3. The van der Waals surface area contributed by atoms with Crippen LogP contribution in [0.25, 0.3) is 0 Å². The summed E-state index contributed by atoms with van der Waals surface area (Å²) in [4.78, 5) is 26.5. The second-order valence-electron chi connectivity index (χ2n) is 9.62. The SMILES string of the molecule is CC[C@@H](CC(=O)O)c1ccc(N(CC(C)C)CC(C)C)c(NC(=O)Nc2ccc(C)cc2)c1.S. The van der Waals surface area contributed by atoms with Gasteiger partial charge in [-0.05, 0) is 60.9 Å². The number of urea groups is 1. The predicted molar refractivity (Wildman–Crippen MR) is 148 cm³/mol. The van der Waals surface area contributed by atoms with Crippen LogP contribution in [0.2, 0.25) is 0 Å². The van der Waals surface area contributed by atoms with Crippen molar-refractivity contribution in [2.45, 2.75) is 60.3 Å². The third-order valence-electron chi connectivity index (χ3n) is 5.48. The first-order chi connectivity index (χ1) is 15.6. The van der Waals surface area contributed by atoms with Gasteiger partial charge in [0.2, 0.25) is 0 Å². The van der Waals surface area contributed by atoms with E-state index < -0.39 is 5.97 Å². The Morgan fingerprint density at radius 2 is 1.53 bits per heavy atom. The van der Waals surface area contributed by atoms with Crippen molar-refractivity contribution in [3.8, 4) is 0 Å². The number of carbonyl (C=O) groups is 2. The van der Waals surface area contributed by atoms with Crippen molar-refractivity contribution < 1.29 is 14.7 Å². The minimum atomic E-state index is -0.821. The fourth-order valence-corrected chi connectivity index (χ4v) is 3.97. The highest BCUT2D eigenvalue weighted by Crippen LogP contribution is 2.33. The van der Waals surface area contributed by atoms with Crippen LogP contribution in [0.15, 0.2) is 42.5 Å². The molecule has 7 heteroatoms. The van der Waals surface area contributed by atoms with Gasteiger partial charge in [0.15, 0.2) is 0 Å². The molecule has 0 aliphatic rings. The summed E-state index contributed by atoms with van der Waals surface area (Å²) in [5.74, 6) is -0.0270. The molecule has 0 saturated heterocycles. The molecule has 0 aliphatic heterocycles. The second-order valence-corrected chi connectivity index (χ2v) is 9.62. The molecule has 0 fully saturated rings. The fourth-order valence-electron chi connectivity index (χ4n) is 3.97. The van der Waals surface area contributed by atoms with Gasteiger partial charge in [-0.1, -0.05) is 58.4 Å². The molecule has 188 valence electrons. The van der Waals surface area contributed by atoms with Gasteiger partial charge in [0.1, 0.15) is 0 Å². The summed E-state index contributed by atoms with van der Waals surface area (Å²) >= 11 is 0. The summed E-state index contributed by atoms with van der Waals surface area (Å²) < 4.78 is 0. The van der Waals surface area contributed by atoms with E-state index >= 15 is 0 Å². The maximum Gasteiger partial charge on any atom is 0.323 e. The fraction of sp³-hybridized carbons (Fsp3) is 0.481. The smallest absolute Gasteiger partial charge is 0.323 e. The van der Waals surface area contributed by atoms with Crippen LogP contribution in [0, 0.1) is 18.8 Å². The molecule has 0 unspecified atom stereocenters. The molecule has 0 radical (unpaired) electrons. The number of aryl methyl sites for hydroxylation is 1. The standard InChI is InChI=1S/C27H39N3O3.H2S/c1-7-21(15-26(31)32)22-10-13-25(30(16-18(2)3)17-19(4)5)24(14-22)29-27(33)28-23-11-8-20(6)9-12-23;/h8-14,18-19,21H,7,15-17H2,1-6H3,(H,31,32)(H2,28,29,33);1H2/t21-;/m0./s1. The molecule has 2 rings (SSSR count). The first-order valence-electron chi connectivity index (χ1n) is 11.8. The molecule has 1 atom stereocenters.